The molecule has 0 saturated carbocycles. The summed E-state index contributed by atoms with van der Waals surface area (Å²) in [4.78, 5) is 18.0. The fraction of sp³-hybridized carbons (Fsp3) is 0.357. The van der Waals surface area contributed by atoms with Crippen LogP contribution in [0.5, 0.6) is 0 Å². The van der Waals surface area contributed by atoms with Gasteiger partial charge in [0.2, 0.25) is 0 Å². The van der Waals surface area contributed by atoms with Gasteiger partial charge in [0.25, 0.3) is 5.69 Å². The van der Waals surface area contributed by atoms with Gasteiger partial charge in [0, 0.05) is 24.2 Å². The van der Waals surface area contributed by atoms with Crippen molar-refractivity contribution in [3.63, 3.8) is 0 Å². The number of aliphatic hydroxyl groups is 1. The summed E-state index contributed by atoms with van der Waals surface area (Å²) in [6.45, 7) is 2.42. The van der Waals surface area contributed by atoms with Crippen LogP contribution in [0.25, 0.3) is 0 Å². The van der Waals surface area contributed by atoms with E-state index in [9.17, 15) is 15.2 Å². The maximum absolute atomic E-state index is 11.1. The van der Waals surface area contributed by atoms with Crippen molar-refractivity contribution in [2.75, 3.05) is 11.9 Å². The Morgan fingerprint density at radius 2 is 2.24 bits per heavy atom. The molecule has 112 valence electrons. The standard InChI is InChI=1S/C14H17N3O3S/c1-3-11-7-15-14(21-11)8-16(2)13-6-10(9-18)4-5-12(13)17(19)20/h4-7,18H,3,8-9H2,1-2H3. The van der Waals surface area contributed by atoms with E-state index in [0.717, 1.165) is 11.4 Å². The van der Waals surface area contributed by atoms with Crippen LogP contribution in [0.2, 0.25) is 0 Å². The molecule has 0 amide bonds. The molecule has 7 heteroatoms. The van der Waals surface area contributed by atoms with E-state index in [1.807, 2.05) is 6.20 Å². The van der Waals surface area contributed by atoms with Crippen LogP contribution in [0.4, 0.5) is 11.4 Å². The summed E-state index contributed by atoms with van der Waals surface area (Å²) in [7, 11) is 1.79. The Kier molecular flexibility index (Phi) is 4.87. The van der Waals surface area contributed by atoms with Crippen LogP contribution >= 0.6 is 11.3 Å². The summed E-state index contributed by atoms with van der Waals surface area (Å²) >= 11 is 1.61. The van der Waals surface area contributed by atoms with Gasteiger partial charge in [0.15, 0.2) is 0 Å². The molecule has 0 saturated heterocycles. The number of hydrogen-bond acceptors (Lipinski definition) is 6. The quantitative estimate of drug-likeness (QED) is 0.655. The molecule has 0 atom stereocenters. The van der Waals surface area contributed by atoms with Crippen molar-refractivity contribution in [3.05, 3.63) is 50.0 Å². The van der Waals surface area contributed by atoms with E-state index in [1.165, 1.54) is 10.9 Å². The second kappa shape index (κ2) is 6.64. The first-order chi connectivity index (χ1) is 10.0. The molecule has 1 aromatic heterocycles. The zero-order chi connectivity index (χ0) is 15.4. The fourth-order valence-electron chi connectivity index (χ4n) is 2.00. The number of benzene rings is 1. The fourth-order valence-corrected chi connectivity index (χ4v) is 2.92. The van der Waals surface area contributed by atoms with E-state index in [1.54, 1.807) is 35.4 Å². The predicted octanol–water partition coefficient (Wildman–Crippen LogP) is 2.74. The SMILES string of the molecule is CCc1cnc(CN(C)c2cc(CO)ccc2[N+](=O)[O-])s1. The molecule has 0 aliphatic rings. The molecule has 2 rings (SSSR count). The Morgan fingerprint density at radius 3 is 2.81 bits per heavy atom. The van der Waals surface area contributed by atoms with Crippen molar-refractivity contribution in [2.45, 2.75) is 26.5 Å². The van der Waals surface area contributed by atoms with Gasteiger partial charge in [-0.1, -0.05) is 6.92 Å². The minimum atomic E-state index is -0.410. The number of aryl methyl sites for hydroxylation is 1. The van der Waals surface area contributed by atoms with Crippen LogP contribution in [0.15, 0.2) is 24.4 Å². The van der Waals surface area contributed by atoms with Crippen LogP contribution in [0, 0.1) is 10.1 Å². The summed E-state index contributed by atoms with van der Waals surface area (Å²) in [5.41, 5.74) is 1.16. The minimum absolute atomic E-state index is 0.0296. The largest absolute Gasteiger partial charge is 0.392 e. The van der Waals surface area contributed by atoms with Crippen molar-refractivity contribution < 1.29 is 10.0 Å². The third kappa shape index (κ3) is 3.56. The molecule has 2 aromatic rings. The van der Waals surface area contributed by atoms with Crippen molar-refractivity contribution in [1.29, 1.82) is 0 Å². The molecular formula is C14H17N3O3S. The summed E-state index contributed by atoms with van der Waals surface area (Å²) in [6.07, 6.45) is 2.77. The number of thiazole rings is 1. The van der Waals surface area contributed by atoms with Crippen molar-refractivity contribution in [1.82, 2.24) is 4.98 Å². The average molecular weight is 307 g/mol. The Bertz CT molecular complexity index is 642. The third-order valence-corrected chi connectivity index (χ3v) is 4.28. The number of hydrogen-bond donors (Lipinski definition) is 1. The number of anilines is 1. The van der Waals surface area contributed by atoms with Gasteiger partial charge in [-0.2, -0.15) is 0 Å². The first-order valence-electron chi connectivity index (χ1n) is 6.58. The Morgan fingerprint density at radius 1 is 1.48 bits per heavy atom. The molecule has 0 unspecified atom stereocenters. The van der Waals surface area contributed by atoms with E-state index in [4.69, 9.17) is 0 Å². The zero-order valence-electron chi connectivity index (χ0n) is 11.9. The molecule has 1 aromatic carbocycles. The molecule has 0 radical (unpaired) electrons. The lowest BCUT2D eigenvalue weighted by molar-refractivity contribution is -0.384. The molecule has 0 bridgehead atoms. The predicted molar refractivity (Wildman–Crippen MR) is 82.6 cm³/mol. The van der Waals surface area contributed by atoms with Crippen molar-refractivity contribution >= 4 is 22.7 Å². The van der Waals surface area contributed by atoms with Crippen LogP contribution < -0.4 is 4.90 Å². The number of nitro groups is 1. The molecular weight excluding hydrogens is 290 g/mol. The highest BCUT2D eigenvalue weighted by Crippen LogP contribution is 2.30. The average Bonchev–Trinajstić information content (AvgIpc) is 2.94. The Hall–Kier alpha value is -1.99. The highest BCUT2D eigenvalue weighted by atomic mass is 32.1. The lowest BCUT2D eigenvalue weighted by Gasteiger charge is -2.18. The summed E-state index contributed by atoms with van der Waals surface area (Å²) in [5, 5.41) is 21.2. The highest BCUT2D eigenvalue weighted by Gasteiger charge is 2.18. The van der Waals surface area contributed by atoms with Gasteiger partial charge in [0.1, 0.15) is 10.7 Å². The second-order valence-corrected chi connectivity index (χ2v) is 5.87. The van der Waals surface area contributed by atoms with Gasteiger partial charge < -0.3 is 10.0 Å². The van der Waals surface area contributed by atoms with Crippen LogP contribution in [0.3, 0.4) is 0 Å². The Labute approximate surface area is 126 Å². The smallest absolute Gasteiger partial charge is 0.292 e. The molecule has 6 nitrogen and oxygen atoms in total. The number of rotatable bonds is 6. The van der Waals surface area contributed by atoms with Gasteiger partial charge in [-0.3, -0.25) is 10.1 Å². The van der Waals surface area contributed by atoms with E-state index in [0.29, 0.717) is 17.8 Å². The Balaban J connectivity index is 2.28. The summed E-state index contributed by atoms with van der Waals surface area (Å²) < 4.78 is 0. The summed E-state index contributed by atoms with van der Waals surface area (Å²) in [6, 6.07) is 4.64. The monoisotopic (exact) mass is 307 g/mol. The lowest BCUT2D eigenvalue weighted by atomic mass is 10.1. The lowest BCUT2D eigenvalue weighted by Crippen LogP contribution is -2.17. The van der Waals surface area contributed by atoms with Gasteiger partial charge in [-0.25, -0.2) is 4.98 Å². The third-order valence-electron chi connectivity index (χ3n) is 3.15. The molecule has 1 heterocycles. The van der Waals surface area contributed by atoms with Crippen molar-refractivity contribution in [2.24, 2.45) is 0 Å². The number of aliphatic hydroxyl groups excluding tert-OH is 1. The van der Waals surface area contributed by atoms with Gasteiger partial charge in [0.05, 0.1) is 18.1 Å². The first kappa shape index (κ1) is 15.4. The molecule has 0 spiro atoms. The highest BCUT2D eigenvalue weighted by molar-refractivity contribution is 7.11. The molecule has 0 fully saturated rings. The molecule has 1 N–H and O–H groups in total. The van der Waals surface area contributed by atoms with Crippen LogP contribution in [-0.4, -0.2) is 22.1 Å². The first-order valence-corrected chi connectivity index (χ1v) is 7.39. The topological polar surface area (TPSA) is 79.5 Å². The van der Waals surface area contributed by atoms with Gasteiger partial charge >= 0.3 is 0 Å². The molecule has 0 aliphatic carbocycles. The maximum atomic E-state index is 11.1. The normalized spacial score (nSPS) is 10.6. The minimum Gasteiger partial charge on any atom is -0.392 e. The van der Waals surface area contributed by atoms with Crippen LogP contribution in [0.1, 0.15) is 22.4 Å². The van der Waals surface area contributed by atoms with Crippen molar-refractivity contribution in [3.8, 4) is 0 Å². The number of nitro benzene ring substituents is 1. The summed E-state index contributed by atoms with van der Waals surface area (Å²) in [5.74, 6) is 0. The van der Waals surface area contributed by atoms with E-state index >= 15 is 0 Å². The van der Waals surface area contributed by atoms with E-state index in [-0.39, 0.29) is 12.3 Å². The number of aromatic nitrogens is 1. The van der Waals surface area contributed by atoms with Crippen LogP contribution in [-0.2, 0) is 19.6 Å². The van der Waals surface area contributed by atoms with Gasteiger partial charge in [-0.05, 0) is 24.1 Å². The van der Waals surface area contributed by atoms with Gasteiger partial charge in [-0.15, -0.1) is 11.3 Å². The molecule has 21 heavy (non-hydrogen) atoms. The molecule has 0 aliphatic heterocycles. The second-order valence-electron chi connectivity index (χ2n) is 4.67. The number of nitrogens with zero attached hydrogens (tertiary/aromatic N) is 3. The van der Waals surface area contributed by atoms with E-state index in [2.05, 4.69) is 11.9 Å². The maximum Gasteiger partial charge on any atom is 0.292 e. The van der Waals surface area contributed by atoms with E-state index < -0.39 is 4.92 Å². The zero-order valence-corrected chi connectivity index (χ0v) is 12.8.